The van der Waals surface area contributed by atoms with Gasteiger partial charge in [0.2, 0.25) is 0 Å². The van der Waals surface area contributed by atoms with Gasteiger partial charge in [-0.05, 0) is 49.2 Å². The molecular weight excluding hydrogens is 377 g/mol. The fraction of sp³-hybridized carbons (Fsp3) is 0.478. The van der Waals surface area contributed by atoms with Crippen LogP contribution in [0.4, 0.5) is 4.39 Å². The summed E-state index contributed by atoms with van der Waals surface area (Å²) in [5, 5.41) is 4.10. The highest BCUT2D eigenvalue weighted by atomic mass is 35.5. The Bertz CT molecular complexity index is 706. The molecule has 0 aliphatic heterocycles. The van der Waals surface area contributed by atoms with Crippen LogP contribution in [0.5, 0.6) is 11.5 Å². The molecule has 0 bridgehead atoms. The van der Waals surface area contributed by atoms with E-state index >= 15 is 0 Å². The lowest BCUT2D eigenvalue weighted by Gasteiger charge is -2.15. The van der Waals surface area contributed by atoms with Crippen LogP contribution >= 0.6 is 11.6 Å². The summed E-state index contributed by atoms with van der Waals surface area (Å²) in [5.41, 5.74) is 1.88. The lowest BCUT2D eigenvalue weighted by atomic mass is 10.1. The van der Waals surface area contributed by atoms with Crippen LogP contribution in [-0.2, 0) is 13.2 Å². The minimum absolute atomic E-state index is 0.260. The van der Waals surface area contributed by atoms with E-state index in [-0.39, 0.29) is 5.82 Å². The molecule has 0 unspecified atom stereocenters. The minimum Gasteiger partial charge on any atom is -0.490 e. The van der Waals surface area contributed by atoms with Gasteiger partial charge in [0.05, 0.1) is 6.61 Å². The van der Waals surface area contributed by atoms with E-state index in [0.717, 1.165) is 17.7 Å². The normalized spacial score (nSPS) is 10.9. The summed E-state index contributed by atoms with van der Waals surface area (Å²) >= 11 is 6.46. The average Bonchev–Trinajstić information content (AvgIpc) is 2.69. The zero-order valence-corrected chi connectivity index (χ0v) is 17.7. The summed E-state index contributed by atoms with van der Waals surface area (Å²) in [5.74, 6) is 1.01. The molecule has 0 aliphatic carbocycles. The molecule has 0 amide bonds. The first kappa shape index (κ1) is 22.5. The van der Waals surface area contributed by atoms with E-state index in [9.17, 15) is 4.39 Å². The first-order valence-electron chi connectivity index (χ1n) is 10.2. The topological polar surface area (TPSA) is 30.5 Å². The second kappa shape index (κ2) is 12.6. The van der Waals surface area contributed by atoms with Gasteiger partial charge >= 0.3 is 0 Å². The molecule has 0 fully saturated rings. The van der Waals surface area contributed by atoms with Crippen molar-refractivity contribution in [2.45, 2.75) is 59.1 Å². The van der Waals surface area contributed by atoms with Crippen LogP contribution in [0.1, 0.15) is 57.1 Å². The first-order valence-corrected chi connectivity index (χ1v) is 10.5. The van der Waals surface area contributed by atoms with Crippen LogP contribution in [0.3, 0.4) is 0 Å². The maximum Gasteiger partial charge on any atom is 0.163 e. The van der Waals surface area contributed by atoms with Crippen LogP contribution in [0.2, 0.25) is 5.02 Å². The number of ether oxygens (including phenoxy) is 2. The fourth-order valence-electron chi connectivity index (χ4n) is 2.91. The molecule has 0 aliphatic rings. The van der Waals surface area contributed by atoms with Gasteiger partial charge in [0.25, 0.3) is 0 Å². The van der Waals surface area contributed by atoms with Gasteiger partial charge in [0.15, 0.2) is 11.5 Å². The van der Waals surface area contributed by atoms with Crippen molar-refractivity contribution in [1.29, 1.82) is 0 Å². The molecule has 2 rings (SSSR count). The Morgan fingerprint density at radius 2 is 1.64 bits per heavy atom. The molecule has 5 heteroatoms. The maximum absolute atomic E-state index is 13.0. The Morgan fingerprint density at radius 1 is 0.929 bits per heavy atom. The van der Waals surface area contributed by atoms with Crippen molar-refractivity contribution in [2.24, 2.45) is 0 Å². The van der Waals surface area contributed by atoms with E-state index in [1.54, 1.807) is 18.2 Å². The molecule has 28 heavy (non-hydrogen) atoms. The van der Waals surface area contributed by atoms with Crippen LogP contribution in [0, 0.1) is 5.82 Å². The molecule has 0 atom stereocenters. The van der Waals surface area contributed by atoms with Gasteiger partial charge in [-0.3, -0.25) is 0 Å². The minimum atomic E-state index is -0.260. The number of hydrogen-bond donors (Lipinski definition) is 1. The third-order valence-electron chi connectivity index (χ3n) is 4.49. The van der Waals surface area contributed by atoms with Crippen LogP contribution in [-0.4, -0.2) is 13.2 Å². The second-order valence-electron chi connectivity index (χ2n) is 6.83. The molecule has 0 aromatic heterocycles. The number of hydrogen-bond acceptors (Lipinski definition) is 3. The van der Waals surface area contributed by atoms with Crippen molar-refractivity contribution in [2.75, 3.05) is 13.2 Å². The lowest BCUT2D eigenvalue weighted by molar-refractivity contribution is 0.269. The maximum atomic E-state index is 13.0. The molecular formula is C23H31ClFNO2. The molecule has 2 aromatic rings. The first-order chi connectivity index (χ1) is 13.6. The van der Waals surface area contributed by atoms with Gasteiger partial charge in [0, 0.05) is 17.6 Å². The van der Waals surface area contributed by atoms with Gasteiger partial charge in [-0.15, -0.1) is 0 Å². The zero-order valence-electron chi connectivity index (χ0n) is 16.9. The van der Waals surface area contributed by atoms with Crippen molar-refractivity contribution >= 4 is 11.6 Å². The van der Waals surface area contributed by atoms with Gasteiger partial charge < -0.3 is 14.8 Å². The monoisotopic (exact) mass is 407 g/mol. The van der Waals surface area contributed by atoms with Crippen molar-refractivity contribution < 1.29 is 13.9 Å². The van der Waals surface area contributed by atoms with Crippen molar-refractivity contribution in [3.8, 4) is 11.5 Å². The van der Waals surface area contributed by atoms with E-state index in [2.05, 4.69) is 12.2 Å². The highest BCUT2D eigenvalue weighted by Gasteiger charge is 2.11. The Labute approximate surface area is 173 Å². The molecule has 0 saturated carbocycles. The van der Waals surface area contributed by atoms with Crippen LogP contribution in [0.25, 0.3) is 0 Å². The summed E-state index contributed by atoms with van der Waals surface area (Å²) in [6.45, 7) is 6.71. The van der Waals surface area contributed by atoms with Crippen molar-refractivity contribution in [3.63, 3.8) is 0 Å². The summed E-state index contributed by atoms with van der Waals surface area (Å²) < 4.78 is 24.7. The van der Waals surface area contributed by atoms with Gasteiger partial charge in [-0.25, -0.2) is 4.39 Å². The van der Waals surface area contributed by atoms with Crippen molar-refractivity contribution in [1.82, 2.24) is 5.32 Å². The number of unbranched alkanes of at least 4 members (excludes halogenated alkanes) is 4. The fourth-order valence-corrected chi connectivity index (χ4v) is 3.13. The number of benzene rings is 2. The van der Waals surface area contributed by atoms with E-state index in [1.165, 1.54) is 44.2 Å². The summed E-state index contributed by atoms with van der Waals surface area (Å²) in [6, 6.07) is 9.99. The van der Waals surface area contributed by atoms with Crippen LogP contribution in [0.15, 0.2) is 36.4 Å². The SMILES string of the molecule is CCCCCCCNCc1cc(OCC)c(OCc2ccc(F)cc2)cc1Cl. The van der Waals surface area contributed by atoms with E-state index in [0.29, 0.717) is 36.3 Å². The highest BCUT2D eigenvalue weighted by Crippen LogP contribution is 2.34. The predicted molar refractivity (Wildman–Crippen MR) is 114 cm³/mol. The molecule has 0 spiro atoms. The summed E-state index contributed by atoms with van der Waals surface area (Å²) in [6.07, 6.45) is 6.30. The Hall–Kier alpha value is -1.78. The standard InChI is InChI=1S/C23H31ClFNO2/c1-3-5-6-7-8-13-26-16-19-14-22(27-4-2)23(15-21(19)24)28-17-18-9-11-20(25)12-10-18/h9-12,14-15,26H,3-8,13,16-17H2,1-2H3. The Kier molecular flexibility index (Phi) is 10.2. The van der Waals surface area contributed by atoms with Crippen LogP contribution < -0.4 is 14.8 Å². The molecule has 154 valence electrons. The third-order valence-corrected chi connectivity index (χ3v) is 4.84. The number of nitrogens with one attached hydrogen (secondary N) is 1. The van der Waals surface area contributed by atoms with E-state index < -0.39 is 0 Å². The Balaban J connectivity index is 1.93. The van der Waals surface area contributed by atoms with Gasteiger partial charge in [-0.1, -0.05) is 56.3 Å². The third kappa shape index (κ3) is 7.69. The molecule has 1 N–H and O–H groups in total. The molecule has 0 radical (unpaired) electrons. The average molecular weight is 408 g/mol. The van der Waals surface area contributed by atoms with Crippen molar-refractivity contribution in [3.05, 3.63) is 58.4 Å². The molecule has 0 saturated heterocycles. The Morgan fingerprint density at radius 3 is 2.36 bits per heavy atom. The highest BCUT2D eigenvalue weighted by molar-refractivity contribution is 6.31. The number of rotatable bonds is 13. The molecule has 2 aromatic carbocycles. The second-order valence-corrected chi connectivity index (χ2v) is 7.24. The predicted octanol–water partition coefficient (Wildman–Crippen LogP) is 6.52. The van der Waals surface area contributed by atoms with Gasteiger partial charge in [-0.2, -0.15) is 0 Å². The van der Waals surface area contributed by atoms with E-state index in [1.807, 2.05) is 13.0 Å². The largest absolute Gasteiger partial charge is 0.490 e. The quantitative estimate of drug-likeness (QED) is 0.383. The summed E-state index contributed by atoms with van der Waals surface area (Å²) in [4.78, 5) is 0. The van der Waals surface area contributed by atoms with E-state index in [4.69, 9.17) is 21.1 Å². The molecule has 3 nitrogen and oxygen atoms in total. The zero-order chi connectivity index (χ0) is 20.2. The smallest absolute Gasteiger partial charge is 0.163 e. The lowest BCUT2D eigenvalue weighted by Crippen LogP contribution is -2.15. The summed E-state index contributed by atoms with van der Waals surface area (Å²) in [7, 11) is 0. The van der Waals surface area contributed by atoms with Gasteiger partial charge in [0.1, 0.15) is 12.4 Å². The number of halogens is 2. The molecule has 0 heterocycles.